The molecule has 0 aliphatic heterocycles. The Bertz CT molecular complexity index is 742. The number of hydrogen-bond donors (Lipinski definition) is 1. The first-order valence-corrected chi connectivity index (χ1v) is 6.13. The Balaban J connectivity index is 2.48. The fraction of sp³-hybridized carbons (Fsp3) is 0.231. The maximum Gasteiger partial charge on any atom is 0.417 e. The summed E-state index contributed by atoms with van der Waals surface area (Å²) in [7, 11) is 0. The first-order chi connectivity index (χ1) is 10.5. The van der Waals surface area contributed by atoms with Gasteiger partial charge in [0.2, 0.25) is 5.95 Å². The first kappa shape index (κ1) is 16.8. The van der Waals surface area contributed by atoms with Crippen LogP contribution < -0.4 is 5.73 Å². The van der Waals surface area contributed by atoms with E-state index in [1.54, 1.807) is 6.92 Å². The maximum absolute atomic E-state index is 13.0. The monoisotopic (exact) mass is 336 g/mol. The Morgan fingerprint density at radius 3 is 2.26 bits per heavy atom. The zero-order chi connectivity index (χ0) is 17.4. The van der Waals surface area contributed by atoms with E-state index in [4.69, 9.17) is 5.73 Å². The van der Waals surface area contributed by atoms with Crippen LogP contribution in [0.25, 0.3) is 0 Å². The summed E-state index contributed by atoms with van der Waals surface area (Å²) in [5, 5.41) is 3.69. The second kappa shape index (κ2) is 5.60. The maximum atomic E-state index is 13.0. The van der Waals surface area contributed by atoms with Crippen LogP contribution in [-0.2, 0) is 12.4 Å². The van der Waals surface area contributed by atoms with Crippen LogP contribution in [0, 0.1) is 6.92 Å². The number of rotatable bonds is 2. The van der Waals surface area contributed by atoms with Crippen molar-refractivity contribution in [2.75, 3.05) is 5.73 Å². The van der Waals surface area contributed by atoms with E-state index in [0.717, 1.165) is 10.9 Å². The standard InChI is InChI=1S/C13H10F6N4/c1-7-6-23(11(20)22-7)21-5-8-2-3-9(12(14,15)16)4-10(8)13(17,18)19/h2-6H,1H3,(H2,20,22). The van der Waals surface area contributed by atoms with E-state index in [1.165, 1.54) is 6.20 Å². The fourth-order valence-corrected chi connectivity index (χ4v) is 1.81. The van der Waals surface area contributed by atoms with Crippen LogP contribution >= 0.6 is 0 Å². The second-order valence-electron chi connectivity index (χ2n) is 4.63. The van der Waals surface area contributed by atoms with E-state index >= 15 is 0 Å². The lowest BCUT2D eigenvalue weighted by Gasteiger charge is -2.13. The van der Waals surface area contributed by atoms with Crippen molar-refractivity contribution in [2.24, 2.45) is 5.10 Å². The van der Waals surface area contributed by atoms with Gasteiger partial charge in [0, 0.05) is 5.56 Å². The van der Waals surface area contributed by atoms with E-state index in [1.807, 2.05) is 0 Å². The van der Waals surface area contributed by atoms with Crippen LogP contribution in [0.1, 0.15) is 22.4 Å². The Hall–Kier alpha value is -2.52. The average molecular weight is 336 g/mol. The van der Waals surface area contributed by atoms with Gasteiger partial charge in [0.15, 0.2) is 0 Å². The molecule has 0 aliphatic carbocycles. The first-order valence-electron chi connectivity index (χ1n) is 6.13. The molecule has 1 aromatic carbocycles. The molecule has 0 unspecified atom stereocenters. The summed E-state index contributed by atoms with van der Waals surface area (Å²) in [6.07, 6.45) is -7.69. The van der Waals surface area contributed by atoms with E-state index in [-0.39, 0.29) is 12.0 Å². The van der Waals surface area contributed by atoms with Gasteiger partial charge in [-0.15, -0.1) is 0 Å². The highest BCUT2D eigenvalue weighted by molar-refractivity contribution is 5.82. The number of nitrogens with two attached hydrogens (primary N) is 1. The molecule has 10 heteroatoms. The predicted molar refractivity (Wildman–Crippen MR) is 70.8 cm³/mol. The van der Waals surface area contributed by atoms with Crippen molar-refractivity contribution in [3.8, 4) is 0 Å². The molecule has 0 aliphatic rings. The number of aromatic nitrogens is 2. The molecular formula is C13H10F6N4. The number of hydrogen-bond acceptors (Lipinski definition) is 3. The summed E-state index contributed by atoms with van der Waals surface area (Å²) in [5.41, 5.74) is 2.62. The van der Waals surface area contributed by atoms with Crippen LogP contribution in [0.15, 0.2) is 29.5 Å². The lowest BCUT2D eigenvalue weighted by molar-refractivity contribution is -0.143. The minimum atomic E-state index is -4.96. The predicted octanol–water partition coefficient (Wildman–Crippen LogP) is 3.69. The number of halogens is 6. The van der Waals surface area contributed by atoms with E-state index in [9.17, 15) is 26.3 Å². The Labute approximate surface area is 126 Å². The smallest absolute Gasteiger partial charge is 0.368 e. The van der Waals surface area contributed by atoms with Gasteiger partial charge >= 0.3 is 12.4 Å². The highest BCUT2D eigenvalue weighted by atomic mass is 19.4. The zero-order valence-corrected chi connectivity index (χ0v) is 11.6. The molecule has 2 aromatic rings. The van der Waals surface area contributed by atoms with Crippen LogP contribution in [0.2, 0.25) is 0 Å². The number of aryl methyl sites for hydroxylation is 1. The molecule has 0 fully saturated rings. The third-order valence-electron chi connectivity index (χ3n) is 2.84. The molecule has 0 bridgehead atoms. The molecule has 0 amide bonds. The lowest BCUT2D eigenvalue weighted by Crippen LogP contribution is -2.13. The average Bonchev–Trinajstić information content (AvgIpc) is 2.72. The number of alkyl halides is 6. The van der Waals surface area contributed by atoms with Gasteiger partial charge in [-0.3, -0.25) is 0 Å². The second-order valence-corrected chi connectivity index (χ2v) is 4.63. The van der Waals surface area contributed by atoms with E-state index < -0.39 is 29.0 Å². The van der Waals surface area contributed by atoms with Crippen molar-refractivity contribution in [1.29, 1.82) is 0 Å². The summed E-state index contributed by atoms with van der Waals surface area (Å²) in [4.78, 5) is 3.80. The summed E-state index contributed by atoms with van der Waals surface area (Å²) in [6, 6.07) is 1.30. The summed E-state index contributed by atoms with van der Waals surface area (Å²) < 4.78 is 77.6. The van der Waals surface area contributed by atoms with Gasteiger partial charge in [-0.2, -0.15) is 31.4 Å². The lowest BCUT2D eigenvalue weighted by atomic mass is 10.0. The third kappa shape index (κ3) is 3.82. The molecule has 2 rings (SSSR count). The molecule has 1 aromatic heterocycles. The molecule has 23 heavy (non-hydrogen) atoms. The van der Waals surface area contributed by atoms with Gasteiger partial charge < -0.3 is 5.73 Å². The Kier molecular flexibility index (Phi) is 4.10. The molecule has 0 radical (unpaired) electrons. The zero-order valence-electron chi connectivity index (χ0n) is 11.6. The van der Waals surface area contributed by atoms with Gasteiger partial charge in [0.1, 0.15) is 0 Å². The number of anilines is 1. The Morgan fingerprint density at radius 1 is 1.13 bits per heavy atom. The van der Waals surface area contributed by atoms with Crippen molar-refractivity contribution >= 4 is 12.2 Å². The largest absolute Gasteiger partial charge is 0.417 e. The van der Waals surface area contributed by atoms with E-state index in [0.29, 0.717) is 17.8 Å². The SMILES string of the molecule is Cc1cn(N=Cc2ccc(C(F)(F)F)cc2C(F)(F)F)c(N)n1. The minimum absolute atomic E-state index is 0.0455. The molecule has 0 spiro atoms. The van der Waals surface area contributed by atoms with Crippen molar-refractivity contribution in [1.82, 2.24) is 9.66 Å². The molecule has 0 atom stereocenters. The Morgan fingerprint density at radius 2 is 1.78 bits per heavy atom. The highest BCUT2D eigenvalue weighted by Crippen LogP contribution is 2.36. The summed E-state index contributed by atoms with van der Waals surface area (Å²) in [6.45, 7) is 1.60. The number of benzene rings is 1. The minimum Gasteiger partial charge on any atom is -0.368 e. The van der Waals surface area contributed by atoms with Gasteiger partial charge in [-0.1, -0.05) is 6.07 Å². The van der Waals surface area contributed by atoms with Gasteiger partial charge in [0.25, 0.3) is 0 Å². The quantitative estimate of drug-likeness (QED) is 0.672. The molecule has 0 saturated carbocycles. The number of imidazole rings is 1. The van der Waals surface area contributed by atoms with Crippen LogP contribution in [0.4, 0.5) is 32.3 Å². The molecule has 124 valence electrons. The van der Waals surface area contributed by atoms with Gasteiger partial charge in [-0.25, -0.2) is 9.66 Å². The molecular weight excluding hydrogens is 326 g/mol. The van der Waals surface area contributed by atoms with Crippen LogP contribution in [0.3, 0.4) is 0 Å². The fourth-order valence-electron chi connectivity index (χ4n) is 1.81. The van der Waals surface area contributed by atoms with Crippen molar-refractivity contribution < 1.29 is 26.3 Å². The van der Waals surface area contributed by atoms with Crippen molar-refractivity contribution in [3.63, 3.8) is 0 Å². The molecule has 2 N–H and O–H groups in total. The molecule has 1 heterocycles. The summed E-state index contributed by atoms with van der Waals surface area (Å²) in [5.74, 6) is -0.0563. The normalized spacial score (nSPS) is 13.0. The van der Waals surface area contributed by atoms with Crippen LogP contribution in [-0.4, -0.2) is 15.9 Å². The number of nitrogens with zero attached hydrogens (tertiary/aromatic N) is 3. The van der Waals surface area contributed by atoms with Crippen molar-refractivity contribution in [2.45, 2.75) is 19.3 Å². The van der Waals surface area contributed by atoms with Crippen molar-refractivity contribution in [3.05, 3.63) is 46.8 Å². The molecule has 4 nitrogen and oxygen atoms in total. The topological polar surface area (TPSA) is 56.2 Å². The third-order valence-corrected chi connectivity index (χ3v) is 2.84. The van der Waals surface area contributed by atoms with Crippen LogP contribution in [0.5, 0.6) is 0 Å². The van der Waals surface area contributed by atoms with Gasteiger partial charge in [-0.05, 0) is 19.1 Å². The highest BCUT2D eigenvalue weighted by Gasteiger charge is 2.37. The summed E-state index contributed by atoms with van der Waals surface area (Å²) >= 11 is 0. The van der Waals surface area contributed by atoms with Gasteiger partial charge in [0.05, 0.1) is 29.2 Å². The molecule has 0 saturated heterocycles. The van der Waals surface area contributed by atoms with E-state index in [2.05, 4.69) is 10.1 Å². The number of nitrogen functional groups attached to an aromatic ring is 1.